The van der Waals surface area contributed by atoms with Crippen LogP contribution in [0.2, 0.25) is 0 Å². The topological polar surface area (TPSA) is 303 Å². The molecule has 13 rings (SSSR count). The summed E-state index contributed by atoms with van der Waals surface area (Å²) < 4.78 is 166. The Bertz CT molecular complexity index is 4860. The molecule has 0 bridgehead atoms. The van der Waals surface area contributed by atoms with Crippen LogP contribution in [0.5, 0.6) is 17.2 Å². The molecule has 1 unspecified atom stereocenters. The number of hydrogen-bond acceptors (Lipinski definition) is 19. The predicted octanol–water partition coefficient (Wildman–Crippen LogP) is -7.80. The van der Waals surface area contributed by atoms with Gasteiger partial charge in [0.15, 0.2) is 5.75 Å². The number of pyridine rings is 1. The maximum atomic E-state index is 12.7. The summed E-state index contributed by atoms with van der Waals surface area (Å²) in [5.74, 6) is -1.48. The van der Waals surface area contributed by atoms with Gasteiger partial charge in [0.1, 0.15) is 29.0 Å². The van der Waals surface area contributed by atoms with Gasteiger partial charge in [-0.05, 0) is 85.6 Å². The van der Waals surface area contributed by atoms with Crippen molar-refractivity contribution in [1.29, 1.82) is 0 Å². The van der Waals surface area contributed by atoms with Gasteiger partial charge < -0.3 is 34.9 Å². The van der Waals surface area contributed by atoms with Crippen molar-refractivity contribution in [2.45, 2.75) is 12.5 Å². The molecular formula is C45H19N3Na4O16S4. The summed E-state index contributed by atoms with van der Waals surface area (Å²) >= 11 is 0. The second-order valence-electron chi connectivity index (χ2n) is 16.4. The van der Waals surface area contributed by atoms with Crippen LogP contribution in [0.4, 0.5) is 5.69 Å². The SMILES string of the molecule is O=S(=O)([O-])OC1=CC=c2cc3c4c(ccc3cc2C1)-c1c(c(OS(=O)(=O)[O-])cc2c1cc1ncc3c5c(c(OS(=O)(=O)[O-])cc2c15)C1N=c2c5ccccc5cc5cc(OS(=O)(=O)[O-])c=3c1c25)N=4.[Na+].[Na+].[Na+].[Na+]. The fourth-order valence-electron chi connectivity index (χ4n) is 10.4. The van der Waals surface area contributed by atoms with Gasteiger partial charge in [-0.3, -0.25) is 9.98 Å². The molecule has 72 heavy (non-hydrogen) atoms. The number of allylic oxidation sites excluding steroid dienone is 2. The molecular weight excluding hydrogens is 1060 g/mol. The smallest absolute Gasteiger partial charge is 0.716 e. The Hall–Kier alpha value is -3.35. The maximum absolute atomic E-state index is 12.7. The zero-order valence-corrected chi connectivity index (χ0v) is 48.8. The summed E-state index contributed by atoms with van der Waals surface area (Å²) in [6.45, 7) is 0. The zero-order chi connectivity index (χ0) is 47.1. The first kappa shape index (κ1) is 53.5. The molecule has 9 aromatic rings. The minimum atomic E-state index is -5.56. The molecule has 338 valence electrons. The average molecular weight is 1080 g/mol. The third-order valence-corrected chi connectivity index (χ3v) is 14.2. The quantitative estimate of drug-likeness (QED) is 0.0449. The van der Waals surface area contributed by atoms with E-state index in [0.29, 0.717) is 70.3 Å². The van der Waals surface area contributed by atoms with Crippen LogP contribution in [0.25, 0.3) is 82.0 Å². The Morgan fingerprint density at radius 2 is 1.21 bits per heavy atom. The Labute approximate surface area is 494 Å². The molecule has 2 aliphatic carbocycles. The summed E-state index contributed by atoms with van der Waals surface area (Å²) in [5, 5.41) is 6.12. The van der Waals surface area contributed by atoms with E-state index in [0.717, 1.165) is 0 Å². The fourth-order valence-corrected chi connectivity index (χ4v) is 11.9. The first-order chi connectivity index (χ1) is 32.1. The van der Waals surface area contributed by atoms with Gasteiger partial charge in [-0.25, -0.2) is 38.7 Å². The second kappa shape index (κ2) is 18.2. The van der Waals surface area contributed by atoms with Crippen molar-refractivity contribution >= 4 is 118 Å². The number of hydrogen-bond donors (Lipinski definition) is 0. The number of nitrogens with zero attached hydrogens (tertiary/aromatic N) is 3. The fraction of sp³-hybridized carbons (Fsp3) is 0.0444. The van der Waals surface area contributed by atoms with E-state index in [2.05, 4.69) is 4.18 Å². The van der Waals surface area contributed by atoms with Crippen LogP contribution in [0, 0.1) is 10.4 Å². The van der Waals surface area contributed by atoms with Gasteiger partial charge in [-0.2, -0.15) is 0 Å². The number of benzene rings is 8. The van der Waals surface area contributed by atoms with Gasteiger partial charge in [-0.1, -0.05) is 48.5 Å². The summed E-state index contributed by atoms with van der Waals surface area (Å²) in [7, 11) is -21.5. The van der Waals surface area contributed by atoms with Crippen LogP contribution >= 0.6 is 0 Å². The van der Waals surface area contributed by atoms with Crippen molar-refractivity contribution in [2.75, 3.05) is 0 Å². The molecule has 0 radical (unpaired) electrons. The molecule has 2 aliphatic heterocycles. The average Bonchev–Trinajstić information content (AvgIpc) is 3.84. The van der Waals surface area contributed by atoms with Crippen LogP contribution in [0.1, 0.15) is 22.7 Å². The number of rotatable bonds is 8. The number of aromatic nitrogens is 1. The molecule has 0 amide bonds. The maximum Gasteiger partial charge on any atom is 1.00 e. The van der Waals surface area contributed by atoms with E-state index in [-0.39, 0.29) is 190 Å². The molecule has 1 atom stereocenters. The van der Waals surface area contributed by atoms with Crippen molar-refractivity contribution in [3.8, 4) is 28.4 Å². The van der Waals surface area contributed by atoms with Crippen LogP contribution in [0.3, 0.4) is 0 Å². The van der Waals surface area contributed by atoms with Crippen LogP contribution in [-0.4, -0.2) is 56.9 Å². The first-order valence-corrected chi connectivity index (χ1v) is 25.2. The van der Waals surface area contributed by atoms with Crippen LogP contribution < -0.4 is 147 Å². The van der Waals surface area contributed by atoms with Crippen molar-refractivity contribution in [3.05, 3.63) is 140 Å². The third kappa shape index (κ3) is 8.61. The molecule has 0 saturated carbocycles. The second-order valence-corrected chi connectivity index (χ2v) is 20.3. The largest absolute Gasteiger partial charge is 1.00 e. The molecule has 0 N–H and O–H groups in total. The molecule has 3 heterocycles. The molecule has 8 aromatic carbocycles. The van der Waals surface area contributed by atoms with Crippen LogP contribution in [-0.2, 0) is 52.2 Å². The molecule has 0 saturated heterocycles. The Balaban J connectivity index is 0.00000160. The van der Waals surface area contributed by atoms with Crippen molar-refractivity contribution in [2.24, 2.45) is 9.98 Å². The summed E-state index contributed by atoms with van der Waals surface area (Å²) in [6.07, 6.45) is 4.24. The van der Waals surface area contributed by atoms with E-state index in [9.17, 15) is 51.9 Å². The zero-order valence-electron chi connectivity index (χ0n) is 37.5. The van der Waals surface area contributed by atoms with E-state index in [4.69, 9.17) is 27.5 Å². The Morgan fingerprint density at radius 1 is 0.542 bits per heavy atom. The van der Waals surface area contributed by atoms with Crippen LogP contribution in [0.15, 0.2) is 107 Å². The minimum Gasteiger partial charge on any atom is -0.716 e. The predicted molar refractivity (Wildman–Crippen MR) is 236 cm³/mol. The third-order valence-electron chi connectivity index (χ3n) is 12.6. The summed E-state index contributed by atoms with van der Waals surface area (Å²) in [4.78, 5) is 14.7. The van der Waals surface area contributed by atoms with E-state index in [1.54, 1.807) is 60.7 Å². The van der Waals surface area contributed by atoms with Gasteiger partial charge in [0, 0.05) is 72.2 Å². The van der Waals surface area contributed by atoms with Crippen molar-refractivity contribution in [3.63, 3.8) is 0 Å². The number of fused-ring (bicyclic) bond motifs is 12. The molecule has 19 nitrogen and oxygen atoms in total. The van der Waals surface area contributed by atoms with Gasteiger partial charge in [0.25, 0.3) is 41.6 Å². The molecule has 27 heteroatoms. The van der Waals surface area contributed by atoms with E-state index in [1.807, 2.05) is 6.07 Å². The van der Waals surface area contributed by atoms with Gasteiger partial charge in [0.2, 0.25) is 0 Å². The van der Waals surface area contributed by atoms with Gasteiger partial charge in [0.05, 0.1) is 16.2 Å². The molecule has 0 fully saturated rings. The molecule has 0 spiro atoms. The Morgan fingerprint density at radius 3 is 1.93 bits per heavy atom. The van der Waals surface area contributed by atoms with E-state index >= 15 is 0 Å². The monoisotopic (exact) mass is 1080 g/mol. The summed E-state index contributed by atoms with van der Waals surface area (Å²) in [5.41, 5.74) is 1.90. The van der Waals surface area contributed by atoms with E-state index in [1.165, 1.54) is 30.5 Å². The summed E-state index contributed by atoms with van der Waals surface area (Å²) in [6, 6.07) is 20.2. The van der Waals surface area contributed by atoms with Crippen molar-refractivity contribution < 1.29 is 187 Å². The van der Waals surface area contributed by atoms with E-state index < -0.39 is 59.1 Å². The minimum absolute atomic E-state index is 0. The van der Waals surface area contributed by atoms with Gasteiger partial charge in [-0.15, -0.1) is 0 Å². The normalized spacial score (nSPS) is 14.9. The van der Waals surface area contributed by atoms with Crippen molar-refractivity contribution in [1.82, 2.24) is 4.98 Å². The molecule has 1 aromatic heterocycles. The standard InChI is InChI=1S/C45H23N3O16S4.4Na/c49-65(50,51)61-23-7-5-18-12-26-20(9-21(18)11-23)6-8-25-36-28-14-31-37-29(27(28)15-34(64-68(58,59)60)44(36)47-42(25)26)16-33(63-67(55,56)57)40-39(37)30(17-46-31)38-32(62-66(52,53)54)13-22-10-19-3-1-2-4-24(19)43-35(22)41(38)45(40)48-43;;;;/h1-10,12-17,45H,11H2,(H,49,50,51)(H,52,53,54)(H,55,56,57)(H,58,59,60);;;;/q;4*+1/p-4. The molecule has 4 aliphatic rings. The van der Waals surface area contributed by atoms with Gasteiger partial charge >= 0.3 is 118 Å². The Kier molecular flexibility index (Phi) is 13.5. The first-order valence-electron chi connectivity index (χ1n) is 19.9.